The molecule has 0 aliphatic carbocycles. The zero-order valence-electron chi connectivity index (χ0n) is 13.5. The number of halogens is 1. The molecular weight excluding hydrogens is 309 g/mol. The van der Waals surface area contributed by atoms with Crippen LogP contribution in [0.15, 0.2) is 54.6 Å². The van der Waals surface area contributed by atoms with Crippen LogP contribution in [0.3, 0.4) is 0 Å². The normalized spacial score (nSPS) is 23.3. The molecule has 3 rings (SSSR count). The number of likely N-dealkylation sites (tertiary alicyclic amines) is 1. The number of carbonyl (C=O) groups is 1. The van der Waals surface area contributed by atoms with E-state index in [0.29, 0.717) is 11.3 Å². The van der Waals surface area contributed by atoms with Crippen molar-refractivity contribution in [3.05, 3.63) is 65.7 Å². The van der Waals surface area contributed by atoms with Crippen LogP contribution in [0.5, 0.6) is 5.75 Å². The Labute approximate surface area is 140 Å². The monoisotopic (exact) mass is 329 g/mol. The number of ether oxygens (including phenoxy) is 1. The van der Waals surface area contributed by atoms with E-state index in [9.17, 15) is 9.90 Å². The third-order valence-corrected chi connectivity index (χ3v) is 4.55. The first kappa shape index (κ1) is 16.5. The lowest BCUT2D eigenvalue weighted by Crippen LogP contribution is -2.37. The summed E-state index contributed by atoms with van der Waals surface area (Å²) < 4.78 is 20.3. The molecule has 1 saturated heterocycles. The maximum absolute atomic E-state index is 15.2. The summed E-state index contributed by atoms with van der Waals surface area (Å²) in [7, 11) is 1.53. The van der Waals surface area contributed by atoms with Crippen LogP contribution in [-0.4, -0.2) is 48.4 Å². The Morgan fingerprint density at radius 3 is 2.71 bits per heavy atom. The third-order valence-electron chi connectivity index (χ3n) is 4.55. The highest BCUT2D eigenvalue weighted by Crippen LogP contribution is 2.39. The van der Waals surface area contributed by atoms with E-state index < -0.39 is 18.2 Å². The molecule has 2 aromatic carbocycles. The molecule has 24 heavy (non-hydrogen) atoms. The predicted molar refractivity (Wildman–Crippen MR) is 89.0 cm³/mol. The smallest absolute Gasteiger partial charge is 0.254 e. The summed E-state index contributed by atoms with van der Waals surface area (Å²) in [6.07, 6.45) is 0. The lowest BCUT2D eigenvalue weighted by atomic mass is 9.87. The minimum Gasteiger partial charge on any atom is -0.497 e. The number of alkyl halides is 1. The maximum atomic E-state index is 15.2. The largest absolute Gasteiger partial charge is 0.497 e. The first-order valence-electron chi connectivity index (χ1n) is 7.85. The van der Waals surface area contributed by atoms with Gasteiger partial charge in [-0.2, -0.15) is 0 Å². The molecule has 126 valence electrons. The van der Waals surface area contributed by atoms with Gasteiger partial charge in [0.05, 0.1) is 20.3 Å². The number of amides is 1. The van der Waals surface area contributed by atoms with Gasteiger partial charge in [0.2, 0.25) is 0 Å². The summed E-state index contributed by atoms with van der Waals surface area (Å²) in [6.45, 7) is -0.509. The van der Waals surface area contributed by atoms with Crippen LogP contribution in [0.1, 0.15) is 21.8 Å². The van der Waals surface area contributed by atoms with Gasteiger partial charge >= 0.3 is 0 Å². The van der Waals surface area contributed by atoms with E-state index in [1.165, 1.54) is 12.0 Å². The van der Waals surface area contributed by atoms with Crippen molar-refractivity contribution >= 4 is 5.91 Å². The van der Waals surface area contributed by atoms with Crippen LogP contribution in [0.4, 0.5) is 4.39 Å². The first-order chi connectivity index (χ1) is 11.6. The van der Waals surface area contributed by atoms with Gasteiger partial charge in [-0.05, 0) is 23.8 Å². The number of nitrogens with zero attached hydrogens (tertiary/aromatic N) is 1. The van der Waals surface area contributed by atoms with Crippen molar-refractivity contribution in [2.75, 3.05) is 26.8 Å². The summed E-state index contributed by atoms with van der Waals surface area (Å²) >= 11 is 0. The van der Waals surface area contributed by atoms with Crippen LogP contribution in [0.2, 0.25) is 0 Å². The average molecular weight is 329 g/mol. The van der Waals surface area contributed by atoms with Crippen LogP contribution in [0.25, 0.3) is 0 Å². The number of aliphatic hydroxyl groups is 1. The third kappa shape index (κ3) is 2.99. The summed E-state index contributed by atoms with van der Waals surface area (Å²) in [5, 5.41) is 9.58. The molecule has 0 spiro atoms. The topological polar surface area (TPSA) is 49.8 Å². The van der Waals surface area contributed by atoms with Crippen LogP contribution < -0.4 is 4.74 Å². The quantitative estimate of drug-likeness (QED) is 0.938. The van der Waals surface area contributed by atoms with Crippen molar-refractivity contribution in [2.24, 2.45) is 0 Å². The molecule has 1 N–H and O–H groups in total. The summed E-state index contributed by atoms with van der Waals surface area (Å²) in [4.78, 5) is 14.2. The Bertz CT molecular complexity index is 722. The first-order valence-corrected chi connectivity index (χ1v) is 7.85. The van der Waals surface area contributed by atoms with Crippen molar-refractivity contribution < 1.29 is 19.0 Å². The molecule has 1 aliphatic rings. The SMILES string of the molecule is COc1cccc(C(=O)N2C[C@H](c3ccccc3)[C@](F)(CO)C2)c1. The molecule has 0 unspecified atom stereocenters. The molecule has 0 radical (unpaired) electrons. The van der Waals surface area contributed by atoms with Crippen molar-refractivity contribution in [1.82, 2.24) is 4.90 Å². The predicted octanol–water partition coefficient (Wildman–Crippen LogP) is 2.64. The van der Waals surface area contributed by atoms with Gasteiger partial charge in [0.25, 0.3) is 5.91 Å². The Balaban J connectivity index is 1.86. The van der Waals surface area contributed by atoms with Crippen molar-refractivity contribution in [2.45, 2.75) is 11.6 Å². The molecule has 0 aromatic heterocycles. The Hall–Kier alpha value is -2.40. The van der Waals surface area contributed by atoms with Gasteiger partial charge in [-0.25, -0.2) is 4.39 Å². The van der Waals surface area contributed by atoms with E-state index in [1.54, 1.807) is 24.3 Å². The van der Waals surface area contributed by atoms with E-state index in [0.717, 1.165) is 5.56 Å². The van der Waals surface area contributed by atoms with Crippen molar-refractivity contribution in [1.29, 1.82) is 0 Å². The number of rotatable bonds is 4. The lowest BCUT2D eigenvalue weighted by molar-refractivity contribution is 0.0575. The van der Waals surface area contributed by atoms with E-state index in [2.05, 4.69) is 0 Å². The van der Waals surface area contributed by atoms with Gasteiger partial charge in [-0.3, -0.25) is 4.79 Å². The highest BCUT2D eigenvalue weighted by Gasteiger charge is 2.49. The van der Waals surface area contributed by atoms with Crippen molar-refractivity contribution in [3.63, 3.8) is 0 Å². The average Bonchev–Trinajstić information content (AvgIpc) is 3.00. The van der Waals surface area contributed by atoms with Gasteiger partial charge in [-0.15, -0.1) is 0 Å². The van der Waals surface area contributed by atoms with Gasteiger partial charge in [0.1, 0.15) is 5.75 Å². The maximum Gasteiger partial charge on any atom is 0.254 e. The standard InChI is InChI=1S/C19H20FNO3/c1-24-16-9-5-8-15(10-16)18(23)21-11-17(19(20,12-21)13-22)14-6-3-2-4-7-14/h2-10,17,22H,11-13H2,1H3/t17-,19-/m1/s1. The summed E-state index contributed by atoms with van der Waals surface area (Å²) in [5.74, 6) is -0.227. The molecular formula is C19H20FNO3. The number of hydrogen-bond acceptors (Lipinski definition) is 3. The second kappa shape index (κ2) is 6.61. The van der Waals surface area contributed by atoms with E-state index >= 15 is 4.39 Å². The molecule has 0 bridgehead atoms. The van der Waals surface area contributed by atoms with Gasteiger partial charge < -0.3 is 14.7 Å². The molecule has 2 atom stereocenters. The second-order valence-corrected chi connectivity index (χ2v) is 6.07. The molecule has 0 saturated carbocycles. The van der Waals surface area contributed by atoms with Gasteiger partial charge in [0, 0.05) is 18.0 Å². The van der Waals surface area contributed by atoms with Crippen LogP contribution in [-0.2, 0) is 0 Å². The van der Waals surface area contributed by atoms with Crippen LogP contribution in [0, 0.1) is 0 Å². The number of benzene rings is 2. The Morgan fingerprint density at radius 2 is 2.04 bits per heavy atom. The number of methoxy groups -OCH3 is 1. The fourth-order valence-electron chi connectivity index (χ4n) is 3.22. The van der Waals surface area contributed by atoms with E-state index in [4.69, 9.17) is 4.74 Å². The molecule has 5 heteroatoms. The molecule has 4 nitrogen and oxygen atoms in total. The number of aliphatic hydroxyl groups excluding tert-OH is 1. The fraction of sp³-hybridized carbons (Fsp3) is 0.316. The fourth-order valence-corrected chi connectivity index (χ4v) is 3.22. The molecule has 1 heterocycles. The number of carbonyl (C=O) groups excluding carboxylic acids is 1. The minimum atomic E-state index is -1.84. The summed E-state index contributed by atoms with van der Waals surface area (Å²) in [5.41, 5.74) is -0.603. The molecule has 1 fully saturated rings. The minimum absolute atomic E-state index is 0.126. The molecule has 1 amide bonds. The van der Waals surface area contributed by atoms with Crippen LogP contribution >= 0.6 is 0 Å². The highest BCUT2D eigenvalue weighted by atomic mass is 19.1. The Morgan fingerprint density at radius 1 is 1.29 bits per heavy atom. The van der Waals surface area contributed by atoms with Gasteiger partial charge in [-0.1, -0.05) is 36.4 Å². The van der Waals surface area contributed by atoms with E-state index in [-0.39, 0.29) is 19.0 Å². The number of hydrogen-bond donors (Lipinski definition) is 1. The second-order valence-electron chi connectivity index (χ2n) is 6.07. The molecule has 1 aliphatic heterocycles. The highest BCUT2D eigenvalue weighted by molar-refractivity contribution is 5.95. The lowest BCUT2D eigenvalue weighted by Gasteiger charge is -2.23. The molecule has 2 aromatic rings. The van der Waals surface area contributed by atoms with Crippen molar-refractivity contribution in [3.8, 4) is 5.75 Å². The van der Waals surface area contributed by atoms with E-state index in [1.807, 2.05) is 30.3 Å². The zero-order chi connectivity index (χ0) is 17.2. The Kier molecular flexibility index (Phi) is 4.53. The van der Waals surface area contributed by atoms with Gasteiger partial charge in [0.15, 0.2) is 5.67 Å². The summed E-state index contributed by atoms with van der Waals surface area (Å²) in [6, 6.07) is 16.0. The zero-order valence-corrected chi connectivity index (χ0v) is 13.5.